The van der Waals surface area contributed by atoms with Crippen molar-refractivity contribution in [2.45, 2.75) is 47.5 Å². The Morgan fingerprint density at radius 2 is 1.86 bits per heavy atom. The van der Waals surface area contributed by atoms with E-state index in [2.05, 4.69) is 61.3 Å². The van der Waals surface area contributed by atoms with Crippen molar-refractivity contribution in [1.29, 1.82) is 0 Å². The van der Waals surface area contributed by atoms with Crippen molar-refractivity contribution in [2.75, 3.05) is 35.1 Å². The summed E-state index contributed by atoms with van der Waals surface area (Å²) in [6.45, 7) is 13.3. The molecule has 22 heavy (non-hydrogen) atoms. The van der Waals surface area contributed by atoms with E-state index in [1.165, 1.54) is 37.3 Å². The lowest BCUT2D eigenvalue weighted by Gasteiger charge is -2.35. The number of hydrogen-bond acceptors (Lipinski definition) is 3. The van der Waals surface area contributed by atoms with Gasteiger partial charge in [-0.15, -0.1) is 0 Å². The summed E-state index contributed by atoms with van der Waals surface area (Å²) in [6.07, 6.45) is 2.67. The van der Waals surface area contributed by atoms with E-state index in [-0.39, 0.29) is 0 Å². The molecule has 0 bridgehead atoms. The molecular formula is C19H34N2S. The van der Waals surface area contributed by atoms with Crippen molar-refractivity contribution >= 4 is 23.3 Å². The third-order valence-corrected chi connectivity index (χ3v) is 5.22. The fourth-order valence-electron chi connectivity index (χ4n) is 2.98. The zero-order valence-corrected chi connectivity index (χ0v) is 16.1. The Morgan fingerprint density at radius 1 is 1.23 bits per heavy atom. The number of nitrogens with zero attached hydrogens (tertiary/aromatic N) is 2. The summed E-state index contributed by atoms with van der Waals surface area (Å²) >= 11 is 1.86. The van der Waals surface area contributed by atoms with Gasteiger partial charge in [-0.05, 0) is 42.9 Å². The molecule has 1 aromatic rings. The zero-order valence-electron chi connectivity index (χ0n) is 15.3. The van der Waals surface area contributed by atoms with Crippen LogP contribution in [0, 0.1) is 11.8 Å². The van der Waals surface area contributed by atoms with Crippen molar-refractivity contribution in [3.05, 3.63) is 24.3 Å². The standard InChI is InChI=1S/C17H28N2S.C2H6/c1-5-20-18(4)16-7-6-8-17(13-16)19-11-9-15(10-12-19)14(2)3;1-2/h6-8,13-15H,5,9-12H2,1-4H3;1-2H3. The minimum absolute atomic E-state index is 0.829. The third-order valence-electron chi connectivity index (χ3n) is 4.36. The number of benzene rings is 1. The monoisotopic (exact) mass is 322 g/mol. The van der Waals surface area contributed by atoms with Crippen LogP contribution in [0.4, 0.5) is 11.4 Å². The Labute approximate surface area is 142 Å². The van der Waals surface area contributed by atoms with Crippen molar-refractivity contribution < 1.29 is 0 Å². The highest BCUT2D eigenvalue weighted by atomic mass is 32.2. The normalized spacial score (nSPS) is 15.5. The summed E-state index contributed by atoms with van der Waals surface area (Å²) in [5.41, 5.74) is 2.69. The molecule has 126 valence electrons. The maximum atomic E-state index is 2.55. The summed E-state index contributed by atoms with van der Waals surface area (Å²) in [5, 5.41) is 0. The van der Waals surface area contributed by atoms with Crippen LogP contribution in [0.5, 0.6) is 0 Å². The maximum absolute atomic E-state index is 2.55. The minimum Gasteiger partial charge on any atom is -0.371 e. The van der Waals surface area contributed by atoms with Crippen molar-refractivity contribution in [3.63, 3.8) is 0 Å². The molecule has 2 nitrogen and oxygen atoms in total. The van der Waals surface area contributed by atoms with E-state index in [0.29, 0.717) is 0 Å². The first-order valence-electron chi connectivity index (χ1n) is 8.83. The first-order chi connectivity index (χ1) is 10.6. The average molecular weight is 323 g/mol. The lowest BCUT2D eigenvalue weighted by atomic mass is 9.86. The summed E-state index contributed by atoms with van der Waals surface area (Å²) in [6, 6.07) is 8.97. The SMILES string of the molecule is CC.CCSN(C)c1cccc(N2CCC(C(C)C)CC2)c1. The lowest BCUT2D eigenvalue weighted by molar-refractivity contribution is 0.311. The maximum Gasteiger partial charge on any atom is 0.0487 e. The van der Waals surface area contributed by atoms with Crippen LogP contribution in [0.2, 0.25) is 0 Å². The minimum atomic E-state index is 0.829. The molecule has 0 aromatic heterocycles. The summed E-state index contributed by atoms with van der Waals surface area (Å²) in [5.74, 6) is 2.85. The van der Waals surface area contributed by atoms with Crippen LogP contribution in [-0.4, -0.2) is 25.9 Å². The van der Waals surface area contributed by atoms with Crippen molar-refractivity contribution in [1.82, 2.24) is 0 Å². The summed E-state index contributed by atoms with van der Waals surface area (Å²) in [7, 11) is 2.15. The van der Waals surface area contributed by atoms with Gasteiger partial charge in [0, 0.05) is 37.3 Å². The van der Waals surface area contributed by atoms with E-state index in [4.69, 9.17) is 0 Å². The Balaban J connectivity index is 0.00000116. The van der Waals surface area contributed by atoms with Crippen LogP contribution >= 0.6 is 11.9 Å². The van der Waals surface area contributed by atoms with Gasteiger partial charge in [0.2, 0.25) is 0 Å². The third kappa shape index (κ3) is 5.42. The Hall–Kier alpha value is -0.830. The summed E-state index contributed by atoms with van der Waals surface area (Å²) in [4.78, 5) is 2.55. The van der Waals surface area contributed by atoms with Crippen LogP contribution in [-0.2, 0) is 0 Å². The molecule has 0 saturated carbocycles. The predicted octanol–water partition coefficient (Wildman–Crippen LogP) is 5.69. The Kier molecular flexibility index (Phi) is 8.77. The van der Waals surface area contributed by atoms with Gasteiger partial charge < -0.3 is 9.21 Å². The van der Waals surface area contributed by atoms with Gasteiger partial charge in [0.1, 0.15) is 0 Å². The molecule has 1 aliphatic rings. The Morgan fingerprint density at radius 3 is 2.41 bits per heavy atom. The molecule has 0 spiro atoms. The smallest absolute Gasteiger partial charge is 0.0487 e. The fourth-order valence-corrected chi connectivity index (χ4v) is 3.63. The van der Waals surface area contributed by atoms with Gasteiger partial charge in [-0.2, -0.15) is 0 Å². The molecule has 0 atom stereocenters. The number of piperidine rings is 1. The van der Waals surface area contributed by atoms with Crippen LogP contribution in [0.1, 0.15) is 47.5 Å². The molecule has 1 aromatic carbocycles. The van der Waals surface area contributed by atoms with E-state index >= 15 is 0 Å². The highest BCUT2D eigenvalue weighted by Gasteiger charge is 2.21. The van der Waals surface area contributed by atoms with Crippen molar-refractivity contribution in [2.24, 2.45) is 11.8 Å². The van der Waals surface area contributed by atoms with E-state index in [1.807, 2.05) is 25.8 Å². The second-order valence-electron chi connectivity index (χ2n) is 6.00. The first kappa shape index (κ1) is 19.2. The molecule has 0 amide bonds. The number of hydrogen-bond donors (Lipinski definition) is 0. The average Bonchev–Trinajstić information content (AvgIpc) is 2.57. The second-order valence-corrected chi connectivity index (χ2v) is 7.39. The molecule has 1 heterocycles. The Bertz CT molecular complexity index is 412. The van der Waals surface area contributed by atoms with Crippen LogP contribution in [0.3, 0.4) is 0 Å². The molecule has 3 heteroatoms. The molecule has 0 radical (unpaired) electrons. The van der Waals surface area contributed by atoms with Crippen LogP contribution < -0.4 is 9.21 Å². The van der Waals surface area contributed by atoms with E-state index in [9.17, 15) is 0 Å². The highest BCUT2D eigenvalue weighted by molar-refractivity contribution is 8.00. The molecule has 1 aliphatic heterocycles. The molecule has 0 aliphatic carbocycles. The number of anilines is 2. The van der Waals surface area contributed by atoms with Gasteiger partial charge in [-0.1, -0.05) is 52.6 Å². The fraction of sp³-hybridized carbons (Fsp3) is 0.684. The highest BCUT2D eigenvalue weighted by Crippen LogP contribution is 2.30. The van der Waals surface area contributed by atoms with Gasteiger partial charge in [-0.3, -0.25) is 0 Å². The second kappa shape index (κ2) is 10.0. The largest absolute Gasteiger partial charge is 0.371 e. The molecule has 0 N–H and O–H groups in total. The van der Waals surface area contributed by atoms with Crippen molar-refractivity contribution in [3.8, 4) is 0 Å². The van der Waals surface area contributed by atoms with Crippen LogP contribution in [0.15, 0.2) is 24.3 Å². The molecular weight excluding hydrogens is 288 g/mol. The van der Waals surface area contributed by atoms with E-state index in [0.717, 1.165) is 17.6 Å². The topological polar surface area (TPSA) is 6.48 Å². The van der Waals surface area contributed by atoms with Gasteiger partial charge in [0.05, 0.1) is 0 Å². The van der Waals surface area contributed by atoms with Gasteiger partial charge >= 0.3 is 0 Å². The van der Waals surface area contributed by atoms with Crippen LogP contribution in [0.25, 0.3) is 0 Å². The van der Waals surface area contributed by atoms with E-state index in [1.54, 1.807) is 0 Å². The van der Waals surface area contributed by atoms with Gasteiger partial charge in [-0.25, -0.2) is 0 Å². The zero-order chi connectivity index (χ0) is 16.5. The predicted molar refractivity (Wildman–Crippen MR) is 104 cm³/mol. The summed E-state index contributed by atoms with van der Waals surface area (Å²) < 4.78 is 2.27. The first-order valence-corrected chi connectivity index (χ1v) is 9.77. The quantitative estimate of drug-likeness (QED) is 0.643. The van der Waals surface area contributed by atoms with Gasteiger partial charge in [0.25, 0.3) is 0 Å². The number of rotatable bonds is 5. The van der Waals surface area contributed by atoms with E-state index < -0.39 is 0 Å². The van der Waals surface area contributed by atoms with Gasteiger partial charge in [0.15, 0.2) is 0 Å². The molecule has 1 saturated heterocycles. The molecule has 1 fully saturated rings. The molecule has 0 unspecified atom stereocenters. The lowest BCUT2D eigenvalue weighted by Crippen LogP contribution is -2.35. The molecule has 2 rings (SSSR count).